The number of benzene rings is 3. The predicted molar refractivity (Wildman–Crippen MR) is 255 cm³/mol. The van der Waals surface area contributed by atoms with E-state index in [1.807, 2.05) is 45.8 Å². The van der Waals surface area contributed by atoms with Crippen LogP contribution in [0.15, 0.2) is 102 Å². The Morgan fingerprint density at radius 2 is 1.28 bits per heavy atom. The van der Waals surface area contributed by atoms with E-state index in [-0.39, 0.29) is 25.2 Å². The van der Waals surface area contributed by atoms with Gasteiger partial charge in [-0.3, -0.25) is 19.7 Å². The highest BCUT2D eigenvalue weighted by Gasteiger charge is 2.25. The number of anilines is 2. The maximum Gasteiger partial charge on any atom is 0.317 e. The Bertz CT molecular complexity index is 2950. The lowest BCUT2D eigenvalue weighted by molar-refractivity contribution is -0.137. The Morgan fingerprint density at radius 1 is 0.750 bits per heavy atom. The van der Waals surface area contributed by atoms with Crippen molar-refractivity contribution in [1.82, 2.24) is 54.4 Å². The van der Waals surface area contributed by atoms with Crippen LogP contribution in [0, 0.1) is 5.82 Å². The lowest BCUT2D eigenvalue weighted by Gasteiger charge is -2.22. The van der Waals surface area contributed by atoms with Crippen molar-refractivity contribution in [3.8, 4) is 39.8 Å². The number of rotatable bonds is 11. The third kappa shape index (κ3) is 11.7. The molecule has 7 heterocycles. The van der Waals surface area contributed by atoms with E-state index >= 15 is 0 Å². The molecule has 0 bridgehead atoms. The zero-order chi connectivity index (χ0) is 47.6. The van der Waals surface area contributed by atoms with Crippen LogP contribution in [0.2, 0.25) is 0 Å². The maximum absolute atomic E-state index is 14.3. The summed E-state index contributed by atoms with van der Waals surface area (Å²) in [7, 11) is 3.43. The molecule has 2 saturated heterocycles. The number of nitrogens with zero attached hydrogens (tertiary/aromatic N) is 11. The van der Waals surface area contributed by atoms with E-state index in [1.165, 1.54) is 24.8 Å². The highest BCUT2D eigenvalue weighted by molar-refractivity contribution is 9.10. The Labute approximate surface area is 398 Å². The van der Waals surface area contributed by atoms with Crippen molar-refractivity contribution >= 4 is 55.6 Å². The number of halogens is 2. The van der Waals surface area contributed by atoms with Crippen LogP contribution in [0.3, 0.4) is 0 Å². The van der Waals surface area contributed by atoms with Crippen LogP contribution in [0.25, 0.3) is 44.6 Å². The molecule has 10 rings (SSSR count). The van der Waals surface area contributed by atoms with Crippen molar-refractivity contribution in [1.29, 1.82) is 0 Å². The number of nitrogen functional groups attached to an aromatic ring is 2. The molecule has 0 amide bonds. The van der Waals surface area contributed by atoms with Gasteiger partial charge in [-0.05, 0) is 76.2 Å². The second-order valence-electron chi connectivity index (χ2n) is 16.1. The van der Waals surface area contributed by atoms with Gasteiger partial charge in [-0.2, -0.15) is 10.2 Å². The molecule has 5 aromatic heterocycles. The van der Waals surface area contributed by atoms with Crippen LogP contribution in [-0.4, -0.2) is 113 Å². The Hall–Kier alpha value is -7.20. The van der Waals surface area contributed by atoms with Crippen LogP contribution in [0.1, 0.15) is 43.5 Å². The van der Waals surface area contributed by atoms with Crippen molar-refractivity contribution in [3.63, 3.8) is 0 Å². The lowest BCUT2D eigenvalue weighted by Crippen LogP contribution is -2.20. The first-order valence-electron chi connectivity index (χ1n) is 21.7. The van der Waals surface area contributed by atoms with Crippen LogP contribution in [0.4, 0.5) is 16.0 Å². The summed E-state index contributed by atoms with van der Waals surface area (Å²) in [6.07, 6.45) is 11.3. The van der Waals surface area contributed by atoms with E-state index in [0.717, 1.165) is 71.2 Å². The van der Waals surface area contributed by atoms with E-state index in [0.29, 0.717) is 64.5 Å². The highest BCUT2D eigenvalue weighted by Crippen LogP contribution is 2.37. The average molecular weight is 991 g/mol. The molecule has 2 fully saturated rings. The number of carboxylic acids is 1. The van der Waals surface area contributed by atoms with E-state index in [4.69, 9.17) is 45.7 Å². The summed E-state index contributed by atoms with van der Waals surface area (Å²) in [4.78, 5) is 36.8. The molecule has 2 aliphatic heterocycles. The first-order chi connectivity index (χ1) is 33.0. The molecular formula is C47H49BrFN13O6. The minimum Gasteiger partial charge on any atom is -0.487 e. The first-order valence-corrected chi connectivity index (χ1v) is 22.5. The molecular weight excluding hydrogens is 942 g/mol. The predicted octanol–water partition coefficient (Wildman–Crippen LogP) is 7.55. The highest BCUT2D eigenvalue weighted by atomic mass is 79.9. The van der Waals surface area contributed by atoms with Gasteiger partial charge in [0.1, 0.15) is 65.4 Å². The number of nitrogens with two attached hydrogens (primary N) is 2. The maximum atomic E-state index is 14.3. The standard InChI is InChI=1S/C27H24FN7O3.C16H16BrN5O.C4H9NO2/c28-18-11-22(37-15-19-14-30-7-8-31-19)13-23(12-18)38-21-3-1-17(2-4-21)25-24-26(29)32-16-33-27(24)35(34-25)20-5-9-36-10-6-20;17-11-3-1-10(2-4-11)14-13-15(18)19-9-20-16(13)22(21-14)12-5-7-23-8-6-12;1-5(2)3-4(6)7/h1-4,7-8,11-14,16,20H,5-6,9-10,15H2,(H2,29,32,33);1-4,9,12H,5-8H2,(H2,18,19,20);3H2,1-2H3,(H,6,7). The van der Waals surface area contributed by atoms with E-state index in [2.05, 4.69) is 45.8 Å². The zero-order valence-corrected chi connectivity index (χ0v) is 38.9. The van der Waals surface area contributed by atoms with Crippen LogP contribution in [-0.2, 0) is 20.9 Å². The third-order valence-corrected chi connectivity index (χ3v) is 11.4. The molecule has 0 saturated carbocycles. The number of hydrogen-bond acceptors (Lipinski definition) is 16. The Kier molecular flexibility index (Phi) is 15.3. The van der Waals surface area contributed by atoms with Crippen molar-refractivity contribution in [2.24, 2.45) is 0 Å². The second kappa shape index (κ2) is 22.1. The molecule has 0 spiro atoms. The molecule has 2 aliphatic rings. The van der Waals surface area contributed by atoms with Crippen LogP contribution >= 0.6 is 15.9 Å². The number of aromatic nitrogens is 10. The fraction of sp³-hybridized carbons (Fsp3) is 0.298. The van der Waals surface area contributed by atoms with Gasteiger partial charge in [-0.1, -0.05) is 28.1 Å². The van der Waals surface area contributed by atoms with Crippen LogP contribution in [0.5, 0.6) is 17.2 Å². The van der Waals surface area contributed by atoms with Gasteiger partial charge in [0.15, 0.2) is 11.3 Å². The normalized spacial score (nSPS) is 14.2. The third-order valence-electron chi connectivity index (χ3n) is 10.9. The molecule has 8 aromatic rings. The Balaban J connectivity index is 0.000000176. The number of ether oxygens (including phenoxy) is 4. The topological polar surface area (TPSA) is 242 Å². The molecule has 19 nitrogen and oxygen atoms in total. The van der Waals surface area contributed by atoms with Gasteiger partial charge in [0.25, 0.3) is 0 Å². The van der Waals surface area contributed by atoms with Crippen molar-refractivity contribution in [2.45, 2.75) is 44.4 Å². The minimum atomic E-state index is -0.787. The molecule has 21 heteroatoms. The van der Waals surface area contributed by atoms with E-state index in [9.17, 15) is 9.18 Å². The minimum absolute atomic E-state index is 0.111. The van der Waals surface area contributed by atoms with Crippen molar-refractivity contribution < 1.29 is 33.2 Å². The van der Waals surface area contributed by atoms with Gasteiger partial charge in [0.05, 0.1) is 41.3 Å². The monoisotopic (exact) mass is 989 g/mol. The summed E-state index contributed by atoms with van der Waals surface area (Å²) < 4.78 is 41.8. The largest absolute Gasteiger partial charge is 0.487 e. The molecule has 5 N–H and O–H groups in total. The molecule has 0 aliphatic carbocycles. The Morgan fingerprint density at radius 3 is 1.76 bits per heavy atom. The summed E-state index contributed by atoms with van der Waals surface area (Å²) in [5.41, 5.74) is 17.9. The SMILES string of the molecule is CN(C)CC(=O)O.Nc1ncnc2c1c(-c1ccc(Br)cc1)nn2C1CCOCC1.Nc1ncnc2c1c(-c1ccc(Oc3cc(F)cc(OCc4cnccn4)c3)cc1)nn2C1CCOCC1. The number of hydrogen-bond donors (Lipinski definition) is 3. The number of carbonyl (C=O) groups is 1. The molecule has 68 heavy (non-hydrogen) atoms. The number of likely N-dealkylation sites (N-methyl/N-ethyl adjacent to an activating group) is 1. The summed E-state index contributed by atoms with van der Waals surface area (Å²) in [6, 6.07) is 20.0. The summed E-state index contributed by atoms with van der Waals surface area (Å²) in [5.74, 6) is 0.723. The smallest absolute Gasteiger partial charge is 0.317 e. The number of fused-ring (bicyclic) bond motifs is 2. The summed E-state index contributed by atoms with van der Waals surface area (Å²) in [5, 5.41) is 19.3. The van der Waals surface area contributed by atoms with Crippen molar-refractivity contribution in [3.05, 3.63) is 114 Å². The fourth-order valence-corrected chi connectivity index (χ4v) is 7.96. The van der Waals surface area contributed by atoms with Gasteiger partial charge in [0.2, 0.25) is 0 Å². The fourth-order valence-electron chi connectivity index (χ4n) is 7.70. The van der Waals surface area contributed by atoms with E-state index < -0.39 is 11.8 Å². The van der Waals surface area contributed by atoms with Gasteiger partial charge < -0.3 is 35.5 Å². The summed E-state index contributed by atoms with van der Waals surface area (Å²) >= 11 is 3.46. The van der Waals surface area contributed by atoms with Gasteiger partial charge >= 0.3 is 5.97 Å². The van der Waals surface area contributed by atoms with Gasteiger partial charge in [0, 0.05) is 72.6 Å². The van der Waals surface area contributed by atoms with E-state index in [1.54, 1.807) is 55.8 Å². The number of carboxylic acid groups (broad SMARTS) is 1. The quantitative estimate of drug-likeness (QED) is 0.113. The molecule has 352 valence electrons. The lowest BCUT2D eigenvalue weighted by atomic mass is 10.1. The molecule has 0 radical (unpaired) electrons. The second-order valence-corrected chi connectivity index (χ2v) is 17.0. The molecule has 0 atom stereocenters. The first kappa shape index (κ1) is 47.3. The van der Waals surface area contributed by atoms with Crippen molar-refractivity contribution in [2.75, 3.05) is 58.5 Å². The number of aliphatic carboxylic acids is 1. The van der Waals surface area contributed by atoms with Gasteiger partial charge in [-0.25, -0.2) is 33.7 Å². The molecule has 3 aromatic carbocycles. The zero-order valence-electron chi connectivity index (χ0n) is 37.3. The average Bonchev–Trinajstić information content (AvgIpc) is 3.94. The van der Waals surface area contributed by atoms with Crippen LogP contribution < -0.4 is 20.9 Å². The van der Waals surface area contributed by atoms with Gasteiger partial charge in [-0.15, -0.1) is 0 Å². The molecule has 0 unspecified atom stereocenters. The summed E-state index contributed by atoms with van der Waals surface area (Å²) in [6.45, 7) is 3.13.